The second kappa shape index (κ2) is 3.93. The van der Waals surface area contributed by atoms with E-state index in [1.165, 1.54) is 11.0 Å². The molecule has 3 N–H and O–H groups in total. The summed E-state index contributed by atoms with van der Waals surface area (Å²) in [5, 5.41) is 13.3. The van der Waals surface area contributed by atoms with Crippen LogP contribution in [-0.4, -0.2) is 38.2 Å². The number of nitrogens with one attached hydrogen (secondary N) is 1. The van der Waals surface area contributed by atoms with Crippen LogP contribution < -0.4 is 11.1 Å². The molecule has 0 radical (unpaired) electrons. The van der Waals surface area contributed by atoms with E-state index in [1.807, 2.05) is 0 Å². The summed E-state index contributed by atoms with van der Waals surface area (Å²) >= 11 is 0. The third kappa shape index (κ3) is 2.50. The first-order chi connectivity index (χ1) is 7.18. The Morgan fingerprint density at radius 2 is 2.40 bits per heavy atom. The summed E-state index contributed by atoms with van der Waals surface area (Å²) in [6.45, 7) is 0.678. The number of tetrazole rings is 1. The van der Waals surface area contributed by atoms with Crippen LogP contribution in [0.5, 0.6) is 0 Å². The van der Waals surface area contributed by atoms with E-state index in [9.17, 15) is 4.79 Å². The van der Waals surface area contributed by atoms with Gasteiger partial charge in [0.2, 0.25) is 5.91 Å². The van der Waals surface area contributed by atoms with Crippen molar-refractivity contribution in [1.82, 2.24) is 25.5 Å². The Balaban J connectivity index is 1.73. The molecular formula is C8H14N6O. The fourth-order valence-corrected chi connectivity index (χ4v) is 1.54. The summed E-state index contributed by atoms with van der Waals surface area (Å²) in [5.74, 6) is -0.112. The van der Waals surface area contributed by atoms with Gasteiger partial charge >= 0.3 is 0 Å². The standard InChI is InChI=1S/C8H14N6O/c9-8(2-1-3-8)5-10-7(15)4-14-6-11-12-13-14/h6H,1-5,9H2,(H,10,15). The zero-order valence-corrected chi connectivity index (χ0v) is 8.39. The molecule has 1 aromatic heterocycles. The first-order valence-corrected chi connectivity index (χ1v) is 4.94. The normalized spacial score (nSPS) is 18.2. The minimum atomic E-state index is -0.184. The number of carbonyl (C=O) groups excluding carboxylic acids is 1. The van der Waals surface area contributed by atoms with Gasteiger partial charge in [0, 0.05) is 12.1 Å². The highest BCUT2D eigenvalue weighted by Crippen LogP contribution is 2.27. The number of hydrogen-bond donors (Lipinski definition) is 2. The molecule has 0 atom stereocenters. The Morgan fingerprint density at radius 3 is 2.93 bits per heavy atom. The third-order valence-electron chi connectivity index (χ3n) is 2.68. The average molecular weight is 210 g/mol. The van der Waals surface area contributed by atoms with Gasteiger partial charge in [-0.3, -0.25) is 4.79 Å². The number of nitrogens with zero attached hydrogens (tertiary/aromatic N) is 4. The zero-order chi connectivity index (χ0) is 10.7. The largest absolute Gasteiger partial charge is 0.353 e. The third-order valence-corrected chi connectivity index (χ3v) is 2.68. The Kier molecular flexibility index (Phi) is 2.63. The quantitative estimate of drug-likeness (QED) is 0.641. The molecule has 1 aliphatic rings. The molecule has 0 aromatic carbocycles. The molecule has 2 rings (SSSR count). The Morgan fingerprint density at radius 1 is 1.60 bits per heavy atom. The molecule has 1 aliphatic carbocycles. The molecule has 0 saturated heterocycles. The number of rotatable bonds is 4. The summed E-state index contributed by atoms with van der Waals surface area (Å²) in [7, 11) is 0. The van der Waals surface area contributed by atoms with E-state index >= 15 is 0 Å². The fourth-order valence-electron chi connectivity index (χ4n) is 1.54. The Hall–Kier alpha value is -1.50. The number of hydrogen-bond acceptors (Lipinski definition) is 5. The van der Waals surface area contributed by atoms with Crippen molar-refractivity contribution in [3.8, 4) is 0 Å². The van der Waals surface area contributed by atoms with Gasteiger partial charge in [0.25, 0.3) is 0 Å². The molecule has 0 aliphatic heterocycles. The fraction of sp³-hybridized carbons (Fsp3) is 0.750. The van der Waals surface area contributed by atoms with Crippen LogP contribution in [-0.2, 0) is 11.3 Å². The lowest BCUT2D eigenvalue weighted by Crippen LogP contribution is -2.55. The van der Waals surface area contributed by atoms with Gasteiger partial charge in [0.1, 0.15) is 12.9 Å². The predicted molar refractivity (Wildman–Crippen MR) is 51.6 cm³/mol. The van der Waals surface area contributed by atoms with Crippen molar-refractivity contribution in [3.05, 3.63) is 6.33 Å². The van der Waals surface area contributed by atoms with Crippen LogP contribution in [0.4, 0.5) is 0 Å². The van der Waals surface area contributed by atoms with E-state index in [-0.39, 0.29) is 18.0 Å². The van der Waals surface area contributed by atoms with Crippen molar-refractivity contribution in [1.29, 1.82) is 0 Å². The average Bonchev–Trinajstić information content (AvgIpc) is 2.64. The Labute approximate surface area is 87.0 Å². The molecular weight excluding hydrogens is 196 g/mol. The highest BCUT2D eigenvalue weighted by atomic mass is 16.2. The van der Waals surface area contributed by atoms with Crippen LogP contribution in [0.15, 0.2) is 6.33 Å². The maximum atomic E-state index is 11.4. The van der Waals surface area contributed by atoms with E-state index < -0.39 is 0 Å². The van der Waals surface area contributed by atoms with E-state index in [1.54, 1.807) is 0 Å². The van der Waals surface area contributed by atoms with Crippen molar-refractivity contribution in [2.75, 3.05) is 6.54 Å². The van der Waals surface area contributed by atoms with E-state index in [0.717, 1.165) is 19.3 Å². The van der Waals surface area contributed by atoms with Crippen molar-refractivity contribution in [3.63, 3.8) is 0 Å². The molecule has 7 nitrogen and oxygen atoms in total. The molecule has 15 heavy (non-hydrogen) atoms. The minimum absolute atomic E-state index is 0.112. The van der Waals surface area contributed by atoms with Gasteiger partial charge in [-0.05, 0) is 29.7 Å². The highest BCUT2D eigenvalue weighted by Gasteiger charge is 2.32. The second-order valence-corrected chi connectivity index (χ2v) is 4.00. The highest BCUT2D eigenvalue weighted by molar-refractivity contribution is 5.75. The van der Waals surface area contributed by atoms with Crippen molar-refractivity contribution in [2.45, 2.75) is 31.3 Å². The van der Waals surface area contributed by atoms with Gasteiger partial charge in [-0.2, -0.15) is 0 Å². The molecule has 1 saturated carbocycles. The molecule has 1 fully saturated rings. The summed E-state index contributed by atoms with van der Waals surface area (Å²) in [5.41, 5.74) is 5.78. The van der Waals surface area contributed by atoms with Gasteiger partial charge < -0.3 is 11.1 Å². The second-order valence-electron chi connectivity index (χ2n) is 4.00. The first-order valence-electron chi connectivity index (χ1n) is 4.94. The monoisotopic (exact) mass is 210 g/mol. The van der Waals surface area contributed by atoms with Gasteiger partial charge in [0.15, 0.2) is 0 Å². The summed E-state index contributed by atoms with van der Waals surface area (Å²) in [4.78, 5) is 11.4. The molecule has 7 heteroatoms. The molecule has 1 aromatic rings. The van der Waals surface area contributed by atoms with Crippen LogP contribution in [0.1, 0.15) is 19.3 Å². The van der Waals surface area contributed by atoms with E-state index in [4.69, 9.17) is 5.73 Å². The Bertz CT molecular complexity index is 331. The molecule has 0 spiro atoms. The number of nitrogens with two attached hydrogens (primary N) is 1. The lowest BCUT2D eigenvalue weighted by Gasteiger charge is -2.38. The van der Waals surface area contributed by atoms with Gasteiger partial charge in [-0.1, -0.05) is 0 Å². The van der Waals surface area contributed by atoms with Crippen LogP contribution in [0, 0.1) is 0 Å². The van der Waals surface area contributed by atoms with Gasteiger partial charge in [0.05, 0.1) is 0 Å². The van der Waals surface area contributed by atoms with Crippen LogP contribution in [0.3, 0.4) is 0 Å². The lowest BCUT2D eigenvalue weighted by atomic mass is 9.78. The smallest absolute Gasteiger partial charge is 0.241 e. The van der Waals surface area contributed by atoms with Crippen molar-refractivity contribution < 1.29 is 4.79 Å². The van der Waals surface area contributed by atoms with Gasteiger partial charge in [-0.25, -0.2) is 4.68 Å². The van der Waals surface area contributed by atoms with Crippen LogP contribution in [0.25, 0.3) is 0 Å². The maximum absolute atomic E-state index is 11.4. The number of carbonyl (C=O) groups is 1. The predicted octanol–water partition coefficient (Wildman–Crippen LogP) is -1.33. The summed E-state index contributed by atoms with van der Waals surface area (Å²) in [6.07, 6.45) is 4.52. The number of aromatic nitrogens is 4. The lowest BCUT2D eigenvalue weighted by molar-refractivity contribution is -0.122. The molecule has 1 amide bonds. The van der Waals surface area contributed by atoms with E-state index in [2.05, 4.69) is 20.8 Å². The molecule has 82 valence electrons. The molecule has 0 bridgehead atoms. The topological polar surface area (TPSA) is 98.7 Å². The van der Waals surface area contributed by atoms with Crippen LogP contribution in [0.2, 0.25) is 0 Å². The summed E-state index contributed by atoms with van der Waals surface area (Å²) < 4.78 is 1.37. The first kappa shape index (κ1) is 10.0. The molecule has 1 heterocycles. The van der Waals surface area contributed by atoms with Crippen molar-refractivity contribution in [2.24, 2.45) is 5.73 Å². The number of amides is 1. The minimum Gasteiger partial charge on any atom is -0.353 e. The van der Waals surface area contributed by atoms with E-state index in [0.29, 0.717) is 6.54 Å². The van der Waals surface area contributed by atoms with Crippen LogP contribution >= 0.6 is 0 Å². The zero-order valence-electron chi connectivity index (χ0n) is 8.39. The van der Waals surface area contributed by atoms with Gasteiger partial charge in [-0.15, -0.1) is 5.10 Å². The summed E-state index contributed by atoms with van der Waals surface area (Å²) in [6, 6.07) is 0. The maximum Gasteiger partial charge on any atom is 0.241 e. The molecule has 0 unspecified atom stereocenters. The SMILES string of the molecule is NC1(CNC(=O)Cn2cnnn2)CCC1. The van der Waals surface area contributed by atoms with Crippen molar-refractivity contribution >= 4 is 5.91 Å².